The second kappa shape index (κ2) is 8.48. The molecular weight excluding hydrogens is 368 g/mol. The summed E-state index contributed by atoms with van der Waals surface area (Å²) >= 11 is 1.95. The van der Waals surface area contributed by atoms with Crippen LogP contribution in [0.4, 0.5) is 0 Å². The molecule has 1 saturated carbocycles. The van der Waals surface area contributed by atoms with E-state index in [1.165, 1.54) is 17.7 Å². The minimum Gasteiger partial charge on any atom is -0.355 e. The normalized spacial score (nSPS) is 15.2. The maximum atomic E-state index is 4.36. The summed E-state index contributed by atoms with van der Waals surface area (Å²) in [5.41, 5.74) is 1.04. The monoisotopic (exact) mass is 392 g/mol. The summed E-state index contributed by atoms with van der Waals surface area (Å²) in [6.07, 6.45) is 4.18. The highest BCUT2D eigenvalue weighted by Crippen LogP contribution is 2.51. The lowest BCUT2D eigenvalue weighted by Gasteiger charge is -2.18. The maximum Gasteiger partial charge on any atom is 0.191 e. The fourth-order valence-corrected chi connectivity index (χ4v) is 4.25. The number of aromatic nitrogens is 3. The Morgan fingerprint density at radius 1 is 1.07 bits per heavy atom. The summed E-state index contributed by atoms with van der Waals surface area (Å²) in [5, 5.41) is 15.1. The Morgan fingerprint density at radius 2 is 1.79 bits per heavy atom. The van der Waals surface area contributed by atoms with Crippen LogP contribution in [0.2, 0.25) is 0 Å². The number of rotatable bonds is 7. The van der Waals surface area contributed by atoms with Crippen LogP contribution in [0.5, 0.6) is 0 Å². The number of hydrogen-bond donors (Lipinski definition) is 2. The molecule has 1 aliphatic rings. The van der Waals surface area contributed by atoms with Crippen molar-refractivity contribution in [3.05, 3.63) is 72.8 Å². The molecule has 0 amide bonds. The lowest BCUT2D eigenvalue weighted by Crippen LogP contribution is -2.41. The molecule has 0 atom stereocenters. The molecule has 0 bridgehead atoms. The van der Waals surface area contributed by atoms with E-state index in [4.69, 9.17) is 0 Å². The van der Waals surface area contributed by atoms with Gasteiger partial charge in [0.05, 0.1) is 6.54 Å². The Kier molecular flexibility index (Phi) is 5.62. The van der Waals surface area contributed by atoms with Crippen LogP contribution in [0.15, 0.2) is 76.9 Å². The average molecular weight is 393 g/mol. The van der Waals surface area contributed by atoms with Crippen LogP contribution in [-0.2, 0) is 6.54 Å². The summed E-state index contributed by atoms with van der Waals surface area (Å²) in [7, 11) is 1.79. The molecule has 0 radical (unpaired) electrons. The van der Waals surface area contributed by atoms with Gasteiger partial charge < -0.3 is 10.6 Å². The first-order chi connectivity index (χ1) is 13.8. The van der Waals surface area contributed by atoms with Crippen LogP contribution in [0, 0.1) is 0 Å². The van der Waals surface area contributed by atoms with Gasteiger partial charge in [-0.1, -0.05) is 36.4 Å². The van der Waals surface area contributed by atoms with Crippen LogP contribution in [0.25, 0.3) is 5.69 Å². The Morgan fingerprint density at radius 3 is 2.46 bits per heavy atom. The number of benzene rings is 2. The van der Waals surface area contributed by atoms with Crippen molar-refractivity contribution in [1.29, 1.82) is 0 Å². The van der Waals surface area contributed by atoms with Crippen molar-refractivity contribution in [1.82, 2.24) is 25.4 Å². The van der Waals surface area contributed by atoms with Crippen molar-refractivity contribution >= 4 is 17.7 Å². The fourth-order valence-electron chi connectivity index (χ4n) is 3.00. The van der Waals surface area contributed by atoms with E-state index < -0.39 is 0 Å². The van der Waals surface area contributed by atoms with Crippen molar-refractivity contribution in [2.24, 2.45) is 4.99 Å². The average Bonchev–Trinajstić information content (AvgIpc) is 3.34. The number of para-hydroxylation sites is 1. The van der Waals surface area contributed by atoms with Crippen LogP contribution >= 0.6 is 11.8 Å². The number of nitrogens with zero attached hydrogens (tertiary/aromatic N) is 4. The van der Waals surface area contributed by atoms with E-state index in [9.17, 15) is 0 Å². The molecule has 28 heavy (non-hydrogen) atoms. The molecule has 0 spiro atoms. The third kappa shape index (κ3) is 4.54. The van der Waals surface area contributed by atoms with Gasteiger partial charge in [-0.05, 0) is 37.1 Å². The molecule has 0 aliphatic heterocycles. The Bertz CT molecular complexity index is 918. The first-order valence-corrected chi connectivity index (χ1v) is 10.2. The highest BCUT2D eigenvalue weighted by molar-refractivity contribution is 8.01. The fraction of sp³-hybridized carbons (Fsp3) is 0.286. The molecule has 3 aromatic rings. The van der Waals surface area contributed by atoms with Gasteiger partial charge in [-0.25, -0.2) is 0 Å². The predicted molar refractivity (Wildman–Crippen MR) is 114 cm³/mol. The number of hydrogen-bond acceptors (Lipinski definition) is 4. The van der Waals surface area contributed by atoms with E-state index in [1.807, 2.05) is 46.7 Å². The molecule has 4 rings (SSSR count). The first kappa shape index (κ1) is 18.6. The predicted octanol–water partition coefficient (Wildman–Crippen LogP) is 3.26. The smallest absolute Gasteiger partial charge is 0.191 e. The number of thioether (sulfide) groups is 1. The number of aliphatic imine (C=N–C) groups is 1. The topological polar surface area (TPSA) is 67.1 Å². The molecule has 2 aromatic carbocycles. The molecule has 2 N–H and O–H groups in total. The van der Waals surface area contributed by atoms with Crippen LogP contribution < -0.4 is 10.6 Å². The van der Waals surface area contributed by atoms with Crippen LogP contribution in [0.3, 0.4) is 0 Å². The second-order valence-electron chi connectivity index (χ2n) is 6.83. The van der Waals surface area contributed by atoms with Gasteiger partial charge in [-0.15, -0.1) is 22.0 Å². The number of nitrogens with one attached hydrogen (secondary N) is 2. The second-order valence-corrected chi connectivity index (χ2v) is 8.37. The van der Waals surface area contributed by atoms with Gasteiger partial charge in [0.15, 0.2) is 11.8 Å². The zero-order valence-corrected chi connectivity index (χ0v) is 16.7. The van der Waals surface area contributed by atoms with E-state index >= 15 is 0 Å². The lowest BCUT2D eigenvalue weighted by atomic mass is 10.3. The zero-order chi connectivity index (χ0) is 19.2. The van der Waals surface area contributed by atoms with E-state index in [2.05, 4.69) is 56.2 Å². The molecule has 1 fully saturated rings. The van der Waals surface area contributed by atoms with E-state index in [1.54, 1.807) is 13.4 Å². The highest BCUT2D eigenvalue weighted by atomic mass is 32.2. The van der Waals surface area contributed by atoms with Crippen molar-refractivity contribution in [3.8, 4) is 5.69 Å². The summed E-state index contributed by atoms with van der Waals surface area (Å²) in [5.74, 6) is 1.62. The summed E-state index contributed by atoms with van der Waals surface area (Å²) in [6, 6.07) is 20.7. The molecule has 6 nitrogen and oxygen atoms in total. The van der Waals surface area contributed by atoms with Crippen LogP contribution in [0.1, 0.15) is 18.7 Å². The lowest BCUT2D eigenvalue weighted by molar-refractivity contribution is 0.736. The van der Waals surface area contributed by atoms with Crippen molar-refractivity contribution in [2.75, 3.05) is 13.6 Å². The van der Waals surface area contributed by atoms with Gasteiger partial charge >= 0.3 is 0 Å². The van der Waals surface area contributed by atoms with Gasteiger partial charge in [0.2, 0.25) is 0 Å². The van der Waals surface area contributed by atoms with Gasteiger partial charge in [0, 0.05) is 28.9 Å². The Balaban J connectivity index is 1.32. The Labute approximate surface area is 169 Å². The molecular formula is C21H24N6S. The molecule has 7 heteroatoms. The van der Waals surface area contributed by atoms with Crippen molar-refractivity contribution in [2.45, 2.75) is 29.0 Å². The third-order valence-electron chi connectivity index (χ3n) is 4.75. The summed E-state index contributed by atoms with van der Waals surface area (Å²) in [4.78, 5) is 5.68. The maximum absolute atomic E-state index is 4.36. The first-order valence-electron chi connectivity index (χ1n) is 9.41. The van der Waals surface area contributed by atoms with Gasteiger partial charge in [-0.3, -0.25) is 9.56 Å². The molecule has 1 aliphatic carbocycles. The molecule has 0 unspecified atom stereocenters. The SMILES string of the molecule is CN=C(NCc1nncn1-c1ccccc1)NCC1(Sc2ccccc2)CC1. The third-order valence-corrected chi connectivity index (χ3v) is 6.25. The van der Waals surface area contributed by atoms with Crippen molar-refractivity contribution in [3.63, 3.8) is 0 Å². The summed E-state index contributed by atoms with van der Waals surface area (Å²) < 4.78 is 2.25. The van der Waals surface area contributed by atoms with E-state index in [0.29, 0.717) is 6.54 Å². The molecule has 0 saturated heterocycles. The Hall–Kier alpha value is -2.80. The van der Waals surface area contributed by atoms with Gasteiger partial charge in [0.25, 0.3) is 0 Å². The minimum absolute atomic E-state index is 0.267. The standard InChI is InChI=1S/C21H24N6S/c1-22-20(24-15-21(12-13-21)28-18-10-6-3-7-11-18)23-14-19-26-25-16-27(19)17-8-4-2-5-9-17/h2-11,16H,12-15H2,1H3,(H2,22,23,24). The van der Waals surface area contributed by atoms with E-state index in [-0.39, 0.29) is 4.75 Å². The molecule has 1 aromatic heterocycles. The van der Waals surface area contributed by atoms with Crippen molar-refractivity contribution < 1.29 is 0 Å². The largest absolute Gasteiger partial charge is 0.355 e. The summed E-state index contributed by atoms with van der Waals surface area (Å²) in [6.45, 7) is 1.44. The minimum atomic E-state index is 0.267. The quantitative estimate of drug-likeness (QED) is 0.477. The van der Waals surface area contributed by atoms with Gasteiger partial charge in [-0.2, -0.15) is 0 Å². The number of guanidine groups is 1. The highest BCUT2D eigenvalue weighted by Gasteiger charge is 2.43. The van der Waals surface area contributed by atoms with E-state index in [0.717, 1.165) is 24.0 Å². The van der Waals surface area contributed by atoms with Gasteiger partial charge in [0.1, 0.15) is 6.33 Å². The van der Waals surface area contributed by atoms with Crippen LogP contribution in [-0.4, -0.2) is 39.1 Å². The molecule has 144 valence electrons. The molecule has 1 heterocycles. The zero-order valence-electron chi connectivity index (χ0n) is 15.9.